The van der Waals surface area contributed by atoms with Gasteiger partial charge in [-0.25, -0.2) is 4.85 Å². The van der Waals surface area contributed by atoms with Crippen LogP contribution in [0.3, 0.4) is 0 Å². The molecule has 4 aromatic carbocycles. The Bertz CT molecular complexity index is 1740. The van der Waals surface area contributed by atoms with Crippen LogP contribution in [-0.2, 0) is 0 Å². The van der Waals surface area contributed by atoms with Gasteiger partial charge in [0.1, 0.15) is 0 Å². The van der Waals surface area contributed by atoms with Crippen molar-refractivity contribution in [1.29, 1.82) is 0 Å². The number of imide groups is 1. The first-order valence-corrected chi connectivity index (χ1v) is 11.0. The molecule has 2 heterocycles. The Morgan fingerprint density at radius 3 is 2.29 bits per heavy atom. The summed E-state index contributed by atoms with van der Waals surface area (Å²) in [6.07, 6.45) is 0. The molecule has 34 heavy (non-hydrogen) atoms. The van der Waals surface area contributed by atoms with E-state index >= 15 is 0 Å². The molecule has 0 unspecified atom stereocenters. The zero-order chi connectivity index (χ0) is 23.6. The molecular formula is C29H19N3O2. The molecule has 2 amide bonds. The van der Waals surface area contributed by atoms with Crippen LogP contribution < -0.4 is 0 Å². The molecule has 0 fully saturated rings. The molecule has 0 radical (unpaired) electrons. The van der Waals surface area contributed by atoms with Crippen LogP contribution in [0.2, 0.25) is 0 Å². The molecule has 0 spiro atoms. The van der Waals surface area contributed by atoms with Crippen LogP contribution in [0.4, 0.5) is 5.69 Å². The highest BCUT2D eigenvalue weighted by Crippen LogP contribution is 2.41. The van der Waals surface area contributed by atoms with Gasteiger partial charge in [-0.1, -0.05) is 66.2 Å². The summed E-state index contributed by atoms with van der Waals surface area (Å²) in [7, 11) is 1.52. The number of nitrogens with zero attached hydrogens (tertiary/aromatic N) is 3. The number of carbonyl (C=O) groups excluding carboxylic acids is 2. The number of amides is 2. The minimum absolute atomic E-state index is 0.284. The quantitative estimate of drug-likeness (QED) is 0.231. The molecule has 0 aliphatic carbocycles. The van der Waals surface area contributed by atoms with Gasteiger partial charge >= 0.3 is 0 Å². The zero-order valence-corrected chi connectivity index (χ0v) is 18.7. The Labute approximate surface area is 196 Å². The van der Waals surface area contributed by atoms with Crippen molar-refractivity contribution < 1.29 is 9.59 Å². The normalized spacial score (nSPS) is 13.0. The zero-order valence-electron chi connectivity index (χ0n) is 18.7. The first kappa shape index (κ1) is 20.0. The fourth-order valence-corrected chi connectivity index (χ4v) is 5.08. The van der Waals surface area contributed by atoms with Gasteiger partial charge in [-0.3, -0.25) is 14.5 Å². The molecule has 5 nitrogen and oxygen atoms in total. The number of rotatable bonds is 2. The van der Waals surface area contributed by atoms with Crippen molar-refractivity contribution in [3.05, 3.63) is 107 Å². The van der Waals surface area contributed by atoms with Crippen LogP contribution in [-0.4, -0.2) is 28.3 Å². The lowest BCUT2D eigenvalue weighted by atomic mass is 9.97. The van der Waals surface area contributed by atoms with E-state index in [-0.39, 0.29) is 11.8 Å². The van der Waals surface area contributed by atoms with E-state index in [2.05, 4.69) is 27.6 Å². The van der Waals surface area contributed by atoms with Gasteiger partial charge in [0, 0.05) is 23.4 Å². The van der Waals surface area contributed by atoms with Crippen molar-refractivity contribution in [2.45, 2.75) is 6.92 Å². The molecule has 1 aromatic heterocycles. The third kappa shape index (κ3) is 2.60. The Morgan fingerprint density at radius 2 is 1.50 bits per heavy atom. The van der Waals surface area contributed by atoms with Crippen LogP contribution in [0.1, 0.15) is 26.3 Å². The average molecular weight is 441 g/mol. The summed E-state index contributed by atoms with van der Waals surface area (Å²) in [5, 5.41) is 2.13. The largest absolute Gasteiger partial charge is 0.308 e. The van der Waals surface area contributed by atoms with E-state index in [0.29, 0.717) is 22.5 Å². The van der Waals surface area contributed by atoms with Crippen molar-refractivity contribution in [3.8, 4) is 16.8 Å². The standard InChI is InChI=1S/C29H19N3O2/c1-17-16-18(30-2)14-15-19(17)21-9-6-10-22-20-8-4-5-12-24(20)32(27(21)22)25-13-7-11-23-26(25)29(34)31(3)28(23)33/h4-16H,1,3H3. The average Bonchev–Trinajstić information content (AvgIpc) is 3.32. The molecule has 5 aromatic rings. The van der Waals surface area contributed by atoms with Crippen LogP contribution in [0.15, 0.2) is 78.9 Å². The summed E-state index contributed by atoms with van der Waals surface area (Å²) in [4.78, 5) is 30.6. The van der Waals surface area contributed by atoms with Gasteiger partial charge in [-0.05, 0) is 30.7 Å². The molecule has 0 N–H and O–H groups in total. The van der Waals surface area contributed by atoms with E-state index in [4.69, 9.17) is 6.57 Å². The lowest BCUT2D eigenvalue weighted by Crippen LogP contribution is -2.24. The molecule has 0 bridgehead atoms. The predicted molar refractivity (Wildman–Crippen MR) is 134 cm³/mol. The smallest absolute Gasteiger partial charge is 0.263 e. The number of fused-ring (bicyclic) bond motifs is 4. The number of aryl methyl sites for hydroxylation is 1. The van der Waals surface area contributed by atoms with Gasteiger partial charge < -0.3 is 4.57 Å². The third-order valence-electron chi connectivity index (χ3n) is 6.66. The summed E-state index contributed by atoms with van der Waals surface area (Å²) in [5.74, 6) is -0.579. The van der Waals surface area contributed by atoms with Gasteiger partial charge in [-0.15, -0.1) is 0 Å². The van der Waals surface area contributed by atoms with Crippen molar-refractivity contribution in [2.24, 2.45) is 0 Å². The number of carbonyl (C=O) groups is 2. The fourth-order valence-electron chi connectivity index (χ4n) is 5.08. The first-order valence-electron chi connectivity index (χ1n) is 11.0. The maximum Gasteiger partial charge on any atom is 0.263 e. The second-order valence-corrected chi connectivity index (χ2v) is 8.53. The number of aromatic nitrogens is 1. The SMILES string of the molecule is [C-]#[N+]c1ccc(-c2cccc3c4ccccc4n(-c4cccc5c4C(=O)N(C)C5=O)c23)c(C)c1. The Kier molecular flexibility index (Phi) is 4.20. The van der Waals surface area contributed by atoms with Crippen LogP contribution in [0.25, 0.3) is 43.5 Å². The Morgan fingerprint density at radius 1 is 0.765 bits per heavy atom. The molecule has 6 rings (SSSR count). The van der Waals surface area contributed by atoms with Gasteiger partial charge in [0.2, 0.25) is 0 Å². The molecule has 0 atom stereocenters. The van der Waals surface area contributed by atoms with Crippen LogP contribution >= 0.6 is 0 Å². The fraction of sp³-hybridized carbons (Fsp3) is 0.0690. The topological polar surface area (TPSA) is 46.7 Å². The summed E-state index contributed by atoms with van der Waals surface area (Å²) in [5.41, 5.74) is 7.09. The summed E-state index contributed by atoms with van der Waals surface area (Å²) >= 11 is 0. The van der Waals surface area contributed by atoms with E-state index in [1.807, 2.05) is 61.5 Å². The molecule has 1 aliphatic rings. The molecule has 1 aliphatic heterocycles. The van der Waals surface area contributed by atoms with E-state index in [9.17, 15) is 9.59 Å². The predicted octanol–water partition coefficient (Wildman–Crippen LogP) is 6.54. The van der Waals surface area contributed by atoms with Crippen LogP contribution in [0.5, 0.6) is 0 Å². The van der Waals surface area contributed by atoms with E-state index in [0.717, 1.165) is 38.5 Å². The van der Waals surface area contributed by atoms with Gasteiger partial charge in [0.05, 0.1) is 34.4 Å². The van der Waals surface area contributed by atoms with E-state index in [1.165, 1.54) is 11.9 Å². The van der Waals surface area contributed by atoms with Gasteiger partial charge in [0.25, 0.3) is 11.8 Å². The Balaban J connectivity index is 1.78. The summed E-state index contributed by atoms with van der Waals surface area (Å²) < 4.78 is 2.10. The Hall–Kier alpha value is -4.69. The molecular weight excluding hydrogens is 422 g/mol. The maximum absolute atomic E-state index is 13.1. The highest BCUT2D eigenvalue weighted by Gasteiger charge is 2.36. The number of hydrogen-bond donors (Lipinski definition) is 0. The lowest BCUT2D eigenvalue weighted by Gasteiger charge is -2.15. The summed E-state index contributed by atoms with van der Waals surface area (Å²) in [6, 6.07) is 25.5. The van der Waals surface area contributed by atoms with Gasteiger partial charge in [-0.2, -0.15) is 0 Å². The molecule has 5 heteroatoms. The van der Waals surface area contributed by atoms with Gasteiger partial charge in [0.15, 0.2) is 5.69 Å². The highest BCUT2D eigenvalue weighted by atomic mass is 16.2. The molecule has 0 saturated carbocycles. The first-order chi connectivity index (χ1) is 16.5. The van der Waals surface area contributed by atoms with E-state index in [1.54, 1.807) is 6.07 Å². The maximum atomic E-state index is 13.1. The second kappa shape index (κ2) is 7.16. The monoisotopic (exact) mass is 441 g/mol. The summed E-state index contributed by atoms with van der Waals surface area (Å²) in [6.45, 7) is 9.35. The minimum Gasteiger partial charge on any atom is -0.308 e. The molecule has 0 saturated heterocycles. The minimum atomic E-state index is -0.295. The number of hydrogen-bond acceptors (Lipinski definition) is 2. The molecule has 162 valence electrons. The van der Waals surface area contributed by atoms with Crippen molar-refractivity contribution in [1.82, 2.24) is 9.47 Å². The highest BCUT2D eigenvalue weighted by molar-refractivity contribution is 6.23. The number of para-hydroxylation sites is 2. The van der Waals surface area contributed by atoms with E-state index < -0.39 is 0 Å². The van der Waals surface area contributed by atoms with Crippen molar-refractivity contribution in [2.75, 3.05) is 7.05 Å². The van der Waals surface area contributed by atoms with Crippen molar-refractivity contribution in [3.63, 3.8) is 0 Å². The number of benzene rings is 4. The lowest BCUT2D eigenvalue weighted by molar-refractivity contribution is 0.0693. The third-order valence-corrected chi connectivity index (χ3v) is 6.66. The second-order valence-electron chi connectivity index (χ2n) is 8.53. The van der Waals surface area contributed by atoms with Crippen molar-refractivity contribution >= 4 is 39.3 Å². The van der Waals surface area contributed by atoms with Crippen LogP contribution in [0, 0.1) is 13.5 Å².